The number of hydrogen-bond donors (Lipinski definition) is 2. The van der Waals surface area contributed by atoms with Crippen LogP contribution in [0.3, 0.4) is 0 Å². The first-order valence-electron chi connectivity index (χ1n) is 5.67. The van der Waals surface area contributed by atoms with Gasteiger partial charge >= 0.3 is 11.9 Å². The summed E-state index contributed by atoms with van der Waals surface area (Å²) in [5.74, 6) is -0.379. The van der Waals surface area contributed by atoms with Crippen LogP contribution in [0.15, 0.2) is 10.5 Å². The van der Waals surface area contributed by atoms with Crippen LogP contribution in [0.5, 0.6) is 0 Å². The van der Waals surface area contributed by atoms with Gasteiger partial charge in [-0.15, -0.1) is 0 Å². The number of aliphatic carboxylic acids is 1. The quantitative estimate of drug-likeness (QED) is 0.540. The van der Waals surface area contributed by atoms with Crippen LogP contribution in [0.4, 0.5) is 0 Å². The molecule has 0 saturated heterocycles. The summed E-state index contributed by atoms with van der Waals surface area (Å²) < 4.78 is 9.91. The fraction of sp³-hybridized carbons (Fsp3) is 0.417. The number of carbonyl (C=O) groups is 3. The van der Waals surface area contributed by atoms with Crippen molar-refractivity contribution >= 4 is 30.1 Å². The largest absolute Gasteiger partial charge is 0.480 e. The number of carboxylic acid groups (broad SMARTS) is 1. The summed E-state index contributed by atoms with van der Waals surface area (Å²) in [5.41, 5.74) is 0.660. The third kappa shape index (κ3) is 4.30. The average molecular weight is 301 g/mol. The molecular weight excluding hydrogens is 286 g/mol. The molecule has 1 atom stereocenters. The molecule has 0 aliphatic carbocycles. The molecule has 1 unspecified atom stereocenters. The Labute approximate surface area is 119 Å². The Morgan fingerprint density at radius 2 is 2.30 bits per heavy atom. The van der Waals surface area contributed by atoms with Crippen molar-refractivity contribution in [3.63, 3.8) is 0 Å². The molecule has 0 aliphatic rings. The number of carboxylic acids is 1. The number of esters is 1. The maximum absolute atomic E-state index is 11.4. The molecular formula is C12H15NO6S. The van der Waals surface area contributed by atoms with Crippen LogP contribution >= 0.6 is 11.8 Å². The zero-order chi connectivity index (χ0) is 15.1. The number of amides is 1. The Morgan fingerprint density at radius 3 is 2.85 bits per heavy atom. The average Bonchev–Trinajstić information content (AvgIpc) is 2.78. The van der Waals surface area contributed by atoms with Crippen LogP contribution < -0.4 is 5.32 Å². The van der Waals surface area contributed by atoms with E-state index in [0.717, 1.165) is 0 Å². The number of methoxy groups -OCH3 is 1. The number of thioether (sulfide) groups is 1. The third-order valence-corrected chi connectivity index (χ3v) is 3.49. The fourth-order valence-corrected chi connectivity index (χ4v) is 2.40. The molecule has 8 heteroatoms. The van der Waals surface area contributed by atoms with E-state index in [-0.39, 0.29) is 11.5 Å². The number of furan rings is 1. The van der Waals surface area contributed by atoms with Gasteiger partial charge in [0.1, 0.15) is 11.8 Å². The van der Waals surface area contributed by atoms with E-state index in [4.69, 9.17) is 9.52 Å². The molecule has 1 rings (SSSR count). The Hall–Kier alpha value is -1.96. The van der Waals surface area contributed by atoms with Crippen LogP contribution in [0.2, 0.25) is 0 Å². The summed E-state index contributed by atoms with van der Waals surface area (Å²) in [6, 6.07) is 0.746. The summed E-state index contributed by atoms with van der Waals surface area (Å²) in [5, 5.41) is 11.0. The number of rotatable bonds is 8. The summed E-state index contributed by atoms with van der Waals surface area (Å²) >= 11 is 1.28. The number of hydrogen-bond acceptors (Lipinski definition) is 6. The van der Waals surface area contributed by atoms with Crippen LogP contribution in [0.25, 0.3) is 0 Å². The Kier molecular flexibility index (Phi) is 6.10. The molecule has 0 aromatic carbocycles. The van der Waals surface area contributed by atoms with Crippen molar-refractivity contribution in [2.24, 2.45) is 0 Å². The van der Waals surface area contributed by atoms with E-state index in [1.807, 2.05) is 0 Å². The number of nitrogens with one attached hydrogen (secondary N) is 1. The van der Waals surface area contributed by atoms with Crippen LogP contribution in [-0.2, 0) is 20.1 Å². The van der Waals surface area contributed by atoms with E-state index in [1.165, 1.54) is 18.9 Å². The summed E-state index contributed by atoms with van der Waals surface area (Å²) in [7, 11) is 1.27. The Balaban J connectivity index is 2.56. The van der Waals surface area contributed by atoms with Gasteiger partial charge in [-0.3, -0.25) is 4.79 Å². The van der Waals surface area contributed by atoms with Crippen molar-refractivity contribution in [1.29, 1.82) is 0 Å². The molecule has 0 saturated carbocycles. The van der Waals surface area contributed by atoms with Crippen molar-refractivity contribution in [2.75, 3.05) is 12.9 Å². The first kappa shape index (κ1) is 16.1. The SMILES string of the molecule is COC(=O)c1oc(CSCC(NC=O)C(=O)O)cc1C. The smallest absolute Gasteiger partial charge is 0.374 e. The first-order valence-corrected chi connectivity index (χ1v) is 6.83. The van der Waals surface area contributed by atoms with Gasteiger partial charge in [-0.25, -0.2) is 9.59 Å². The van der Waals surface area contributed by atoms with Crippen molar-refractivity contribution < 1.29 is 28.6 Å². The van der Waals surface area contributed by atoms with Crippen LogP contribution in [0.1, 0.15) is 21.9 Å². The standard InChI is InChI=1S/C12H15NO6S/c1-7-3-8(19-10(7)12(17)18-2)4-20-5-9(11(15)16)13-6-14/h3,6,9H,4-5H2,1-2H3,(H,13,14)(H,15,16). The predicted octanol–water partition coefficient (Wildman–Crippen LogP) is 0.807. The van der Waals surface area contributed by atoms with E-state index in [9.17, 15) is 14.4 Å². The lowest BCUT2D eigenvalue weighted by atomic mass is 10.3. The predicted molar refractivity (Wildman–Crippen MR) is 71.6 cm³/mol. The van der Waals surface area contributed by atoms with Gasteiger partial charge in [-0.05, 0) is 13.0 Å². The number of carbonyl (C=O) groups excluding carboxylic acids is 2. The summed E-state index contributed by atoms with van der Waals surface area (Å²) in [4.78, 5) is 32.4. The minimum absolute atomic E-state index is 0.143. The van der Waals surface area contributed by atoms with Crippen LogP contribution in [0, 0.1) is 6.92 Å². The molecule has 20 heavy (non-hydrogen) atoms. The van der Waals surface area contributed by atoms with Gasteiger partial charge in [-0.1, -0.05) is 0 Å². The van der Waals surface area contributed by atoms with E-state index < -0.39 is 18.0 Å². The first-order chi connectivity index (χ1) is 9.49. The van der Waals surface area contributed by atoms with Gasteiger partial charge in [0.2, 0.25) is 12.2 Å². The maximum atomic E-state index is 11.4. The molecule has 0 aliphatic heterocycles. The van der Waals surface area contributed by atoms with Crippen molar-refractivity contribution in [1.82, 2.24) is 5.32 Å². The molecule has 1 amide bonds. The van der Waals surface area contributed by atoms with Gasteiger partial charge in [0.15, 0.2) is 0 Å². The Bertz CT molecular complexity index is 498. The second-order valence-corrected chi connectivity index (χ2v) is 4.94. The minimum atomic E-state index is -1.10. The zero-order valence-electron chi connectivity index (χ0n) is 11.0. The second-order valence-electron chi connectivity index (χ2n) is 3.91. The lowest BCUT2D eigenvalue weighted by Gasteiger charge is -2.09. The summed E-state index contributed by atoms with van der Waals surface area (Å²) in [6.07, 6.45) is 0.353. The molecule has 0 radical (unpaired) electrons. The Morgan fingerprint density at radius 1 is 1.60 bits per heavy atom. The second kappa shape index (κ2) is 7.59. The lowest BCUT2D eigenvalue weighted by molar-refractivity contribution is -0.139. The molecule has 1 heterocycles. The molecule has 0 spiro atoms. The fourth-order valence-electron chi connectivity index (χ4n) is 1.46. The van der Waals surface area contributed by atoms with Crippen LogP contribution in [-0.4, -0.2) is 42.4 Å². The number of aryl methyl sites for hydroxylation is 1. The zero-order valence-corrected chi connectivity index (χ0v) is 11.9. The minimum Gasteiger partial charge on any atom is -0.480 e. The van der Waals surface area contributed by atoms with E-state index >= 15 is 0 Å². The molecule has 0 fully saturated rings. The monoisotopic (exact) mass is 301 g/mol. The third-order valence-electron chi connectivity index (χ3n) is 2.44. The molecule has 0 bridgehead atoms. The topological polar surface area (TPSA) is 106 Å². The van der Waals surface area contributed by atoms with E-state index in [1.54, 1.807) is 13.0 Å². The van der Waals surface area contributed by atoms with E-state index in [2.05, 4.69) is 10.1 Å². The van der Waals surface area contributed by atoms with Gasteiger partial charge in [-0.2, -0.15) is 11.8 Å². The molecule has 110 valence electrons. The van der Waals surface area contributed by atoms with Gasteiger partial charge in [0.05, 0.1) is 12.9 Å². The number of ether oxygens (including phenoxy) is 1. The van der Waals surface area contributed by atoms with Crippen molar-refractivity contribution in [3.05, 3.63) is 23.2 Å². The van der Waals surface area contributed by atoms with Crippen molar-refractivity contribution in [2.45, 2.75) is 18.7 Å². The van der Waals surface area contributed by atoms with Gasteiger partial charge in [0, 0.05) is 11.3 Å². The molecule has 1 aromatic rings. The molecule has 2 N–H and O–H groups in total. The molecule has 1 aromatic heterocycles. The van der Waals surface area contributed by atoms with E-state index in [0.29, 0.717) is 23.5 Å². The van der Waals surface area contributed by atoms with Gasteiger partial charge in [0.25, 0.3) is 0 Å². The highest BCUT2D eigenvalue weighted by Crippen LogP contribution is 2.20. The maximum Gasteiger partial charge on any atom is 0.374 e. The van der Waals surface area contributed by atoms with Gasteiger partial charge < -0.3 is 19.6 Å². The summed E-state index contributed by atoms with van der Waals surface area (Å²) in [6.45, 7) is 1.72. The molecule has 7 nitrogen and oxygen atoms in total. The highest BCUT2D eigenvalue weighted by Gasteiger charge is 2.18. The highest BCUT2D eigenvalue weighted by atomic mass is 32.2. The normalized spacial score (nSPS) is 11.7. The highest BCUT2D eigenvalue weighted by molar-refractivity contribution is 7.98. The lowest BCUT2D eigenvalue weighted by Crippen LogP contribution is -2.37. The van der Waals surface area contributed by atoms with Crippen molar-refractivity contribution in [3.8, 4) is 0 Å².